The maximum absolute atomic E-state index is 13.7. The van der Waals surface area contributed by atoms with Gasteiger partial charge in [0.15, 0.2) is 5.82 Å². The second-order valence-corrected chi connectivity index (χ2v) is 13.1. The van der Waals surface area contributed by atoms with E-state index in [0.29, 0.717) is 6.42 Å². The molecule has 0 amide bonds. The summed E-state index contributed by atoms with van der Waals surface area (Å²) in [6.07, 6.45) is -7.36. The van der Waals surface area contributed by atoms with Crippen LogP contribution in [0.15, 0.2) is 35.5 Å². The number of rotatable bonds is 6. The number of thiocarbonyl (C=S) groups is 1. The highest BCUT2D eigenvalue weighted by molar-refractivity contribution is 7.96. The third kappa shape index (κ3) is 5.18. The fraction of sp³-hybridized carbons (Fsp3) is 0.625. The van der Waals surface area contributed by atoms with Crippen LogP contribution in [0.25, 0.3) is 0 Å². The molecule has 0 saturated carbocycles. The summed E-state index contributed by atoms with van der Waals surface area (Å²) >= 11 is 5.26. The first kappa shape index (κ1) is 31.4. The number of aliphatic hydroxyl groups is 2. The number of aromatic nitrogens is 2. The van der Waals surface area contributed by atoms with Gasteiger partial charge in [-0.05, 0) is 12.5 Å². The van der Waals surface area contributed by atoms with Crippen LogP contribution in [0.2, 0.25) is 0 Å². The molecule has 3 fully saturated rings. The number of halogens is 6. The van der Waals surface area contributed by atoms with Gasteiger partial charge in [-0.1, -0.05) is 24.4 Å². The van der Waals surface area contributed by atoms with Gasteiger partial charge in [0.25, 0.3) is 5.60 Å². The van der Waals surface area contributed by atoms with E-state index in [1.165, 1.54) is 6.08 Å². The number of fused-ring (bicyclic) bond motifs is 2. The van der Waals surface area contributed by atoms with Gasteiger partial charge in [0, 0.05) is 61.5 Å². The molecule has 1 aromatic heterocycles. The van der Waals surface area contributed by atoms with Gasteiger partial charge in [-0.2, -0.15) is 30.6 Å². The van der Waals surface area contributed by atoms with Crippen LogP contribution >= 0.6 is 12.2 Å². The number of piperazine rings is 1. The number of morpholine rings is 1. The van der Waals surface area contributed by atoms with Gasteiger partial charge in [-0.25, -0.2) is 18.4 Å². The van der Waals surface area contributed by atoms with E-state index in [1.54, 1.807) is 12.2 Å². The molecule has 232 valence electrons. The Morgan fingerprint density at radius 3 is 2.40 bits per heavy atom. The molecule has 1 aromatic rings. The summed E-state index contributed by atoms with van der Waals surface area (Å²) in [4.78, 5) is 9.65. The van der Waals surface area contributed by atoms with E-state index in [4.69, 9.17) is 17.0 Å². The number of alkyl halides is 6. The molecule has 18 heteroatoms. The number of sulfonamides is 1. The third-order valence-electron chi connectivity index (χ3n) is 8.07. The standard InChI is InChI=1S/C24H27F6N5O5S2/c25-23(26,27)22(37,24(28,29)30)14-8-31-20(32-9-14)21(13-35-15-7-17(36)16(35)11-40-10-15)12-34(6-5-33-21)42(38,39)19-4-2-1-3-18(19)41/h1-2,4,8-9,15-17,33,36-37H,3,5-7,10-13H2/t15?,16?,17?,21-/m1/s1. The van der Waals surface area contributed by atoms with Crippen LogP contribution < -0.4 is 5.32 Å². The van der Waals surface area contributed by atoms with E-state index in [2.05, 4.69) is 15.3 Å². The fourth-order valence-corrected chi connectivity index (χ4v) is 7.95. The van der Waals surface area contributed by atoms with E-state index >= 15 is 0 Å². The smallest absolute Gasteiger partial charge is 0.391 e. The molecule has 4 atom stereocenters. The van der Waals surface area contributed by atoms with Gasteiger partial charge in [0.2, 0.25) is 10.0 Å². The van der Waals surface area contributed by atoms with Crippen LogP contribution in [-0.2, 0) is 25.9 Å². The molecule has 0 radical (unpaired) electrons. The molecule has 3 saturated heterocycles. The largest absolute Gasteiger partial charge is 0.430 e. The molecule has 0 spiro atoms. The number of hydrogen-bond donors (Lipinski definition) is 3. The maximum atomic E-state index is 13.7. The minimum Gasteiger partial charge on any atom is -0.391 e. The minimum absolute atomic E-state index is 0.0215. The Kier molecular flexibility index (Phi) is 8.09. The van der Waals surface area contributed by atoms with Crippen molar-refractivity contribution in [3.63, 3.8) is 0 Å². The first-order valence-corrected chi connectivity index (χ1v) is 14.7. The van der Waals surface area contributed by atoms with Crippen LogP contribution in [0.3, 0.4) is 0 Å². The SMILES string of the molecule is O=S(=O)(C1=CC=CCC1=S)N1CCN[C@](CN2C3COCC2C(O)C3)(c2ncc(C(O)(C(F)(F)F)C(F)(F)F)cn2)C1. The zero-order valence-corrected chi connectivity index (χ0v) is 23.4. The van der Waals surface area contributed by atoms with Crippen LogP contribution in [-0.4, -0.2) is 113 Å². The molecular weight excluding hydrogens is 616 g/mol. The lowest BCUT2D eigenvalue weighted by Gasteiger charge is -2.47. The van der Waals surface area contributed by atoms with E-state index < -0.39 is 51.2 Å². The monoisotopic (exact) mass is 643 g/mol. The molecule has 0 aromatic carbocycles. The van der Waals surface area contributed by atoms with Crippen molar-refractivity contribution in [2.45, 2.75) is 54.5 Å². The highest BCUT2D eigenvalue weighted by Crippen LogP contribution is 2.49. The molecular formula is C24H27F6N5O5S2. The first-order valence-electron chi connectivity index (χ1n) is 12.9. The number of ether oxygens (including phenoxy) is 1. The molecule has 1 aliphatic carbocycles. The van der Waals surface area contributed by atoms with Crippen LogP contribution in [0.5, 0.6) is 0 Å². The van der Waals surface area contributed by atoms with Crippen molar-refractivity contribution in [1.82, 2.24) is 24.5 Å². The first-order chi connectivity index (χ1) is 19.5. The van der Waals surface area contributed by atoms with Gasteiger partial charge in [0.05, 0.1) is 30.3 Å². The summed E-state index contributed by atoms with van der Waals surface area (Å²) in [5.41, 5.74) is -8.41. The number of hydrogen-bond acceptors (Lipinski definition) is 10. The maximum Gasteiger partial charge on any atom is 0.430 e. The number of nitrogens with one attached hydrogen (secondary N) is 1. The molecule has 4 aliphatic rings. The molecule has 3 aliphatic heterocycles. The van der Waals surface area contributed by atoms with Crippen molar-refractivity contribution in [3.8, 4) is 0 Å². The molecule has 10 nitrogen and oxygen atoms in total. The van der Waals surface area contributed by atoms with Crippen molar-refractivity contribution < 1.29 is 49.7 Å². The predicted octanol–water partition coefficient (Wildman–Crippen LogP) is 1.27. The van der Waals surface area contributed by atoms with Crippen molar-refractivity contribution in [3.05, 3.63) is 46.9 Å². The van der Waals surface area contributed by atoms with E-state index in [9.17, 15) is 45.0 Å². The summed E-state index contributed by atoms with van der Waals surface area (Å²) in [5.74, 6) is -0.293. The lowest BCUT2D eigenvalue weighted by atomic mass is 9.92. The summed E-state index contributed by atoms with van der Waals surface area (Å²) in [5, 5.41) is 23.5. The fourth-order valence-electron chi connectivity index (χ4n) is 5.85. The second-order valence-electron chi connectivity index (χ2n) is 10.7. The lowest BCUT2D eigenvalue weighted by Crippen LogP contribution is -2.66. The Labute approximate surface area is 242 Å². The van der Waals surface area contributed by atoms with Crippen molar-refractivity contribution >= 4 is 27.1 Å². The quantitative estimate of drug-likeness (QED) is 0.308. The normalized spacial score (nSPS) is 30.0. The van der Waals surface area contributed by atoms with Gasteiger partial charge < -0.3 is 20.3 Å². The zero-order valence-electron chi connectivity index (χ0n) is 21.8. The molecule has 3 unspecified atom stereocenters. The third-order valence-corrected chi connectivity index (χ3v) is 10.5. The van der Waals surface area contributed by atoms with Crippen molar-refractivity contribution in [1.29, 1.82) is 0 Å². The van der Waals surface area contributed by atoms with Crippen LogP contribution in [0.1, 0.15) is 24.2 Å². The van der Waals surface area contributed by atoms with E-state index in [1.807, 2.05) is 4.90 Å². The van der Waals surface area contributed by atoms with Gasteiger partial charge in [-0.3, -0.25) is 4.90 Å². The average molecular weight is 644 g/mol. The van der Waals surface area contributed by atoms with Gasteiger partial charge >= 0.3 is 12.4 Å². The van der Waals surface area contributed by atoms with Crippen molar-refractivity contribution in [2.24, 2.45) is 0 Å². The Hall–Kier alpha value is -2.06. The second kappa shape index (κ2) is 10.8. The molecule has 5 rings (SSSR count). The molecule has 42 heavy (non-hydrogen) atoms. The molecule has 4 heterocycles. The lowest BCUT2D eigenvalue weighted by molar-refractivity contribution is -0.376. The predicted molar refractivity (Wildman–Crippen MR) is 138 cm³/mol. The number of aliphatic hydroxyl groups excluding tert-OH is 1. The summed E-state index contributed by atoms with van der Waals surface area (Å²) in [6.45, 7) is 0.00850. The van der Waals surface area contributed by atoms with Gasteiger partial charge in [-0.15, -0.1) is 0 Å². The van der Waals surface area contributed by atoms with Crippen molar-refractivity contribution in [2.75, 3.05) is 39.4 Å². The highest BCUT2D eigenvalue weighted by atomic mass is 32.2. The van der Waals surface area contributed by atoms with E-state index in [0.717, 1.165) is 4.31 Å². The average Bonchev–Trinajstić information content (AvgIpc) is 3.07. The van der Waals surface area contributed by atoms with E-state index in [-0.39, 0.29) is 79.8 Å². The number of allylic oxidation sites excluding steroid dienone is 4. The summed E-state index contributed by atoms with van der Waals surface area (Å²) in [7, 11) is -4.17. The highest BCUT2D eigenvalue weighted by Gasteiger charge is 2.72. The Morgan fingerprint density at radius 2 is 1.81 bits per heavy atom. The topological polar surface area (TPSA) is 128 Å². The van der Waals surface area contributed by atoms with Crippen LogP contribution in [0, 0.1) is 0 Å². The molecule has 3 N–H and O–H groups in total. The zero-order chi connectivity index (χ0) is 30.7. The van der Waals surface area contributed by atoms with Crippen LogP contribution in [0.4, 0.5) is 26.3 Å². The number of nitrogens with zero attached hydrogens (tertiary/aromatic N) is 4. The summed E-state index contributed by atoms with van der Waals surface area (Å²) < 4.78 is 115. The van der Waals surface area contributed by atoms with Gasteiger partial charge in [0.1, 0.15) is 5.54 Å². The minimum atomic E-state index is -6.13. The molecule has 2 bridgehead atoms. The Morgan fingerprint density at radius 1 is 1.14 bits per heavy atom. The Balaban J connectivity index is 1.56. The Bertz CT molecular complexity index is 1370. The summed E-state index contributed by atoms with van der Waals surface area (Å²) in [6, 6.07) is -0.781.